The highest BCUT2D eigenvalue weighted by Crippen LogP contribution is 2.47. The first-order chi connectivity index (χ1) is 7.39. The first kappa shape index (κ1) is 11.8. The van der Waals surface area contributed by atoms with Gasteiger partial charge in [-0.1, -0.05) is 17.8 Å². The van der Waals surface area contributed by atoms with Gasteiger partial charge in [0.25, 0.3) is 0 Å². The van der Waals surface area contributed by atoms with Crippen LogP contribution in [0.15, 0.2) is 23.1 Å². The van der Waals surface area contributed by atoms with Gasteiger partial charge in [0.1, 0.15) is 5.75 Å². The van der Waals surface area contributed by atoms with Crippen LogP contribution >= 0.6 is 11.8 Å². The Labute approximate surface area is 100.0 Å². The molecule has 1 aliphatic heterocycles. The van der Waals surface area contributed by atoms with Crippen LogP contribution in [0.25, 0.3) is 0 Å². The molecule has 0 saturated heterocycles. The van der Waals surface area contributed by atoms with Crippen molar-refractivity contribution in [3.8, 4) is 5.75 Å². The van der Waals surface area contributed by atoms with Crippen molar-refractivity contribution >= 4 is 11.8 Å². The maximum atomic E-state index is 9.87. The van der Waals surface area contributed by atoms with Gasteiger partial charge in [0.2, 0.25) is 0 Å². The summed E-state index contributed by atoms with van der Waals surface area (Å²) in [4.78, 5) is 0.894. The number of aliphatic hydroxyl groups is 1. The number of fused-ring (bicyclic) bond motifs is 1. The van der Waals surface area contributed by atoms with Crippen molar-refractivity contribution in [2.45, 2.75) is 42.7 Å². The molecule has 2 atom stereocenters. The summed E-state index contributed by atoms with van der Waals surface area (Å²) in [6, 6.07) is 5.49. The fourth-order valence-corrected chi connectivity index (χ4v) is 2.73. The first-order valence-electron chi connectivity index (χ1n) is 5.35. The van der Waals surface area contributed by atoms with Gasteiger partial charge in [-0.05, 0) is 38.5 Å². The minimum absolute atomic E-state index is 0.222. The van der Waals surface area contributed by atoms with Crippen molar-refractivity contribution in [1.29, 1.82) is 0 Å². The second kappa shape index (κ2) is 3.95. The molecule has 0 spiro atoms. The SMILES string of the molecule is CC(N)C(O)c1ccc2c(c1)OC(C)(C)S2. The lowest BCUT2D eigenvalue weighted by molar-refractivity contribution is 0.152. The lowest BCUT2D eigenvalue weighted by atomic mass is 10.0. The van der Waals surface area contributed by atoms with E-state index in [0.717, 1.165) is 16.2 Å². The fraction of sp³-hybridized carbons (Fsp3) is 0.500. The number of nitrogens with two attached hydrogens (primary N) is 1. The van der Waals surface area contributed by atoms with E-state index in [0.29, 0.717) is 0 Å². The van der Waals surface area contributed by atoms with Crippen molar-refractivity contribution in [3.63, 3.8) is 0 Å². The van der Waals surface area contributed by atoms with Crippen LogP contribution in [0.4, 0.5) is 0 Å². The monoisotopic (exact) mass is 239 g/mol. The Morgan fingerprint density at radius 3 is 2.75 bits per heavy atom. The standard InChI is InChI=1S/C12H17NO2S/c1-7(13)11(14)8-4-5-10-9(6-8)15-12(2,3)16-10/h4-7,11,14H,13H2,1-3H3. The van der Waals surface area contributed by atoms with E-state index in [1.165, 1.54) is 0 Å². The number of thioether (sulfide) groups is 1. The zero-order chi connectivity index (χ0) is 11.9. The van der Waals surface area contributed by atoms with E-state index >= 15 is 0 Å². The molecule has 0 aromatic heterocycles. The summed E-state index contributed by atoms with van der Waals surface area (Å²) in [5, 5.41) is 9.87. The molecule has 1 aromatic rings. The summed E-state index contributed by atoms with van der Waals surface area (Å²) < 4.78 is 5.78. The molecule has 0 radical (unpaired) electrons. The predicted molar refractivity (Wildman–Crippen MR) is 65.6 cm³/mol. The molecule has 1 aromatic carbocycles. The van der Waals surface area contributed by atoms with E-state index in [2.05, 4.69) is 0 Å². The van der Waals surface area contributed by atoms with Gasteiger partial charge in [-0.3, -0.25) is 0 Å². The van der Waals surface area contributed by atoms with Crippen molar-refractivity contribution in [3.05, 3.63) is 23.8 Å². The van der Waals surface area contributed by atoms with Gasteiger partial charge in [0.15, 0.2) is 4.93 Å². The molecule has 4 heteroatoms. The van der Waals surface area contributed by atoms with Gasteiger partial charge in [0.05, 0.1) is 11.0 Å². The summed E-state index contributed by atoms with van der Waals surface area (Å²) >= 11 is 1.69. The number of hydrogen-bond acceptors (Lipinski definition) is 4. The summed E-state index contributed by atoms with van der Waals surface area (Å²) in [5.41, 5.74) is 6.48. The third kappa shape index (κ3) is 2.19. The number of ether oxygens (including phenoxy) is 1. The highest BCUT2D eigenvalue weighted by atomic mass is 32.2. The molecule has 2 rings (SSSR count). The average molecular weight is 239 g/mol. The molecular weight excluding hydrogens is 222 g/mol. The lowest BCUT2D eigenvalue weighted by Gasteiger charge is -2.17. The molecule has 0 amide bonds. The van der Waals surface area contributed by atoms with Crippen LogP contribution in [0, 0.1) is 0 Å². The van der Waals surface area contributed by atoms with Crippen molar-refractivity contribution in [2.75, 3.05) is 0 Å². The topological polar surface area (TPSA) is 55.5 Å². The smallest absolute Gasteiger partial charge is 0.153 e. The van der Waals surface area contributed by atoms with Crippen LogP contribution in [0.2, 0.25) is 0 Å². The highest BCUT2D eigenvalue weighted by molar-refractivity contribution is 8.00. The Morgan fingerprint density at radius 2 is 2.12 bits per heavy atom. The number of hydrogen-bond donors (Lipinski definition) is 2. The Morgan fingerprint density at radius 1 is 1.44 bits per heavy atom. The van der Waals surface area contributed by atoms with Gasteiger partial charge < -0.3 is 15.6 Å². The van der Waals surface area contributed by atoms with E-state index in [1.54, 1.807) is 18.7 Å². The molecule has 0 fully saturated rings. The van der Waals surface area contributed by atoms with E-state index in [4.69, 9.17) is 10.5 Å². The maximum Gasteiger partial charge on any atom is 0.153 e. The van der Waals surface area contributed by atoms with Gasteiger partial charge in [-0.15, -0.1) is 0 Å². The first-order valence-corrected chi connectivity index (χ1v) is 6.16. The van der Waals surface area contributed by atoms with E-state index in [-0.39, 0.29) is 11.0 Å². The van der Waals surface area contributed by atoms with Crippen LogP contribution in [0.5, 0.6) is 5.75 Å². The third-order valence-electron chi connectivity index (χ3n) is 2.52. The quantitative estimate of drug-likeness (QED) is 0.831. The number of benzene rings is 1. The summed E-state index contributed by atoms with van der Waals surface area (Å²) in [5.74, 6) is 0.840. The fourth-order valence-electron chi connectivity index (χ4n) is 1.73. The number of aliphatic hydroxyl groups excluding tert-OH is 1. The van der Waals surface area contributed by atoms with E-state index in [9.17, 15) is 5.11 Å². The summed E-state index contributed by atoms with van der Waals surface area (Å²) in [6.45, 7) is 5.84. The zero-order valence-corrected chi connectivity index (χ0v) is 10.5. The molecule has 0 saturated carbocycles. The Balaban J connectivity index is 2.29. The van der Waals surface area contributed by atoms with Gasteiger partial charge in [-0.25, -0.2) is 0 Å². The van der Waals surface area contributed by atoms with Gasteiger partial charge in [-0.2, -0.15) is 0 Å². The van der Waals surface area contributed by atoms with Crippen LogP contribution in [-0.4, -0.2) is 16.1 Å². The van der Waals surface area contributed by atoms with Crippen LogP contribution in [0.3, 0.4) is 0 Å². The second-order valence-electron chi connectivity index (χ2n) is 4.61. The molecule has 1 heterocycles. The summed E-state index contributed by atoms with van der Waals surface area (Å²) in [6.07, 6.45) is -0.636. The molecule has 0 bridgehead atoms. The molecule has 1 aliphatic rings. The molecule has 0 aliphatic carbocycles. The molecule has 16 heavy (non-hydrogen) atoms. The van der Waals surface area contributed by atoms with Crippen LogP contribution in [0.1, 0.15) is 32.4 Å². The normalized spacial score (nSPS) is 21.1. The minimum Gasteiger partial charge on any atom is -0.476 e. The molecular formula is C12H17NO2S. The maximum absolute atomic E-state index is 9.87. The largest absolute Gasteiger partial charge is 0.476 e. The van der Waals surface area contributed by atoms with Crippen molar-refractivity contribution in [1.82, 2.24) is 0 Å². The Hall–Kier alpha value is -0.710. The molecule has 88 valence electrons. The Kier molecular flexibility index (Phi) is 2.90. The van der Waals surface area contributed by atoms with Crippen molar-refractivity contribution in [2.24, 2.45) is 5.73 Å². The van der Waals surface area contributed by atoms with E-state index in [1.807, 2.05) is 32.0 Å². The number of rotatable bonds is 2. The van der Waals surface area contributed by atoms with Gasteiger partial charge >= 0.3 is 0 Å². The highest BCUT2D eigenvalue weighted by Gasteiger charge is 2.31. The lowest BCUT2D eigenvalue weighted by Crippen LogP contribution is -2.24. The molecule has 3 nitrogen and oxygen atoms in total. The zero-order valence-electron chi connectivity index (χ0n) is 9.73. The predicted octanol–water partition coefficient (Wildman–Crippen LogP) is 2.29. The second-order valence-corrected chi connectivity index (χ2v) is 6.24. The van der Waals surface area contributed by atoms with Gasteiger partial charge in [0, 0.05) is 6.04 Å². The summed E-state index contributed by atoms with van der Waals surface area (Å²) in [7, 11) is 0. The average Bonchev–Trinajstić information content (AvgIpc) is 2.48. The molecule has 3 N–H and O–H groups in total. The molecule has 2 unspecified atom stereocenters. The van der Waals surface area contributed by atoms with Crippen LogP contribution in [-0.2, 0) is 0 Å². The van der Waals surface area contributed by atoms with Crippen LogP contribution < -0.4 is 10.5 Å². The van der Waals surface area contributed by atoms with Crippen molar-refractivity contribution < 1.29 is 9.84 Å². The van der Waals surface area contributed by atoms with E-state index < -0.39 is 6.10 Å². The third-order valence-corrected chi connectivity index (χ3v) is 3.65. The minimum atomic E-state index is -0.636. The Bertz CT molecular complexity index is 404.